The summed E-state index contributed by atoms with van der Waals surface area (Å²) >= 11 is 0. The first-order valence-electron chi connectivity index (χ1n) is 5.03. The highest BCUT2D eigenvalue weighted by atomic mass is 16.5. The van der Waals surface area contributed by atoms with Gasteiger partial charge in [0.25, 0.3) is 0 Å². The van der Waals surface area contributed by atoms with E-state index in [2.05, 4.69) is 27.7 Å². The molecule has 0 aliphatic carbocycles. The Morgan fingerprint density at radius 1 is 0.846 bits per heavy atom. The Kier molecular flexibility index (Phi) is 5.52. The van der Waals surface area contributed by atoms with E-state index in [1.165, 1.54) is 0 Å². The number of ether oxygens (including phenoxy) is 1. The van der Waals surface area contributed by atoms with Crippen LogP contribution in [0, 0.1) is 11.8 Å². The molecule has 0 aliphatic rings. The topological polar surface area (TPSA) is 9.23 Å². The Labute approximate surface area is 82.5 Å². The third-order valence-corrected chi connectivity index (χ3v) is 1.94. The van der Waals surface area contributed by atoms with Crippen LogP contribution in [0.3, 0.4) is 0 Å². The predicted octanol–water partition coefficient (Wildman–Crippen LogP) is 4.12. The van der Waals surface area contributed by atoms with Crippen LogP contribution < -0.4 is 0 Å². The highest BCUT2D eigenvalue weighted by Crippen LogP contribution is 2.20. The zero-order chi connectivity index (χ0) is 10.4. The van der Waals surface area contributed by atoms with Crippen molar-refractivity contribution in [3.8, 4) is 0 Å². The van der Waals surface area contributed by atoms with Crippen LogP contribution in [0.2, 0.25) is 0 Å². The molecule has 0 aliphatic heterocycles. The molecule has 76 valence electrons. The molecule has 0 rings (SSSR count). The van der Waals surface area contributed by atoms with Crippen molar-refractivity contribution >= 4 is 0 Å². The average Bonchev–Trinajstić information content (AvgIpc) is 2.05. The minimum absolute atomic E-state index is 0.457. The van der Waals surface area contributed by atoms with Crippen LogP contribution in [0.25, 0.3) is 0 Å². The summed E-state index contributed by atoms with van der Waals surface area (Å²) in [5.41, 5.74) is 0. The lowest BCUT2D eigenvalue weighted by atomic mass is 10.1. The quantitative estimate of drug-likeness (QED) is 0.594. The molecular formula is C12H22O. The zero-order valence-electron chi connectivity index (χ0n) is 9.72. The van der Waals surface area contributed by atoms with Crippen molar-refractivity contribution in [3.63, 3.8) is 0 Å². The van der Waals surface area contributed by atoms with Gasteiger partial charge in [-0.05, 0) is 26.0 Å². The Balaban J connectivity index is 4.40. The van der Waals surface area contributed by atoms with Gasteiger partial charge in [0, 0.05) is 11.8 Å². The molecule has 13 heavy (non-hydrogen) atoms. The van der Waals surface area contributed by atoms with Gasteiger partial charge in [0.2, 0.25) is 0 Å². The van der Waals surface area contributed by atoms with Gasteiger partial charge >= 0.3 is 0 Å². The third kappa shape index (κ3) is 4.16. The van der Waals surface area contributed by atoms with E-state index in [0.717, 1.165) is 11.5 Å². The minimum atomic E-state index is 0.457. The molecular weight excluding hydrogens is 160 g/mol. The van der Waals surface area contributed by atoms with E-state index in [1.54, 1.807) is 0 Å². The van der Waals surface area contributed by atoms with Crippen LogP contribution in [0.15, 0.2) is 23.7 Å². The Hall–Kier alpha value is -0.720. The average molecular weight is 182 g/mol. The standard InChI is InChI=1S/C12H22O/c1-7-11(9(3)4)13-12(8-2)10(5)6/h7-10H,1-6H3. The largest absolute Gasteiger partial charge is 0.466 e. The molecule has 1 heteroatoms. The Morgan fingerprint density at radius 3 is 1.31 bits per heavy atom. The third-order valence-electron chi connectivity index (χ3n) is 1.94. The van der Waals surface area contributed by atoms with Crippen molar-refractivity contribution in [2.45, 2.75) is 41.5 Å². The lowest BCUT2D eigenvalue weighted by Crippen LogP contribution is -2.04. The molecule has 0 spiro atoms. The SMILES string of the molecule is CC=C(OC(=CC)C(C)C)C(C)C. The molecule has 0 aromatic rings. The molecule has 0 saturated carbocycles. The summed E-state index contributed by atoms with van der Waals surface area (Å²) in [5, 5.41) is 0. The first kappa shape index (κ1) is 12.3. The fourth-order valence-electron chi connectivity index (χ4n) is 1.16. The molecule has 1 nitrogen and oxygen atoms in total. The summed E-state index contributed by atoms with van der Waals surface area (Å²) in [6.07, 6.45) is 4.08. The van der Waals surface area contributed by atoms with Gasteiger partial charge < -0.3 is 4.74 Å². The van der Waals surface area contributed by atoms with E-state index >= 15 is 0 Å². The molecule has 0 radical (unpaired) electrons. The predicted molar refractivity (Wildman–Crippen MR) is 58.3 cm³/mol. The molecule has 0 amide bonds. The van der Waals surface area contributed by atoms with Crippen molar-refractivity contribution in [1.29, 1.82) is 0 Å². The molecule has 0 bridgehead atoms. The number of hydrogen-bond acceptors (Lipinski definition) is 1. The van der Waals surface area contributed by atoms with Gasteiger partial charge in [0.15, 0.2) is 0 Å². The molecule has 0 N–H and O–H groups in total. The van der Waals surface area contributed by atoms with Crippen LogP contribution in [0.1, 0.15) is 41.5 Å². The van der Waals surface area contributed by atoms with E-state index in [4.69, 9.17) is 4.74 Å². The van der Waals surface area contributed by atoms with Crippen LogP contribution >= 0.6 is 0 Å². The van der Waals surface area contributed by atoms with E-state index in [9.17, 15) is 0 Å². The second-order valence-electron chi connectivity index (χ2n) is 3.79. The van der Waals surface area contributed by atoms with E-state index in [0.29, 0.717) is 11.8 Å². The Bertz CT molecular complexity index is 175. The van der Waals surface area contributed by atoms with Crippen LogP contribution in [0.4, 0.5) is 0 Å². The first-order chi connectivity index (χ1) is 6.02. The maximum atomic E-state index is 5.79. The van der Waals surface area contributed by atoms with Gasteiger partial charge in [0.1, 0.15) is 11.5 Å². The molecule has 0 aromatic carbocycles. The number of hydrogen-bond donors (Lipinski definition) is 0. The second kappa shape index (κ2) is 5.85. The van der Waals surface area contributed by atoms with Gasteiger partial charge in [-0.3, -0.25) is 0 Å². The summed E-state index contributed by atoms with van der Waals surface area (Å²) in [7, 11) is 0. The molecule has 0 saturated heterocycles. The first-order valence-corrected chi connectivity index (χ1v) is 5.03. The summed E-state index contributed by atoms with van der Waals surface area (Å²) < 4.78 is 5.79. The molecule has 0 fully saturated rings. The fraction of sp³-hybridized carbons (Fsp3) is 0.667. The number of rotatable bonds is 4. The lowest BCUT2D eigenvalue weighted by molar-refractivity contribution is 0.233. The molecule has 0 heterocycles. The van der Waals surface area contributed by atoms with Crippen molar-refractivity contribution in [2.24, 2.45) is 11.8 Å². The second-order valence-corrected chi connectivity index (χ2v) is 3.79. The van der Waals surface area contributed by atoms with Crippen molar-refractivity contribution < 1.29 is 4.74 Å². The lowest BCUT2D eigenvalue weighted by Gasteiger charge is -2.17. The van der Waals surface area contributed by atoms with Gasteiger partial charge in [-0.2, -0.15) is 0 Å². The van der Waals surface area contributed by atoms with Crippen molar-refractivity contribution in [1.82, 2.24) is 0 Å². The molecule has 0 unspecified atom stereocenters. The maximum Gasteiger partial charge on any atom is 0.102 e. The number of allylic oxidation sites excluding steroid dienone is 4. The van der Waals surface area contributed by atoms with Crippen LogP contribution in [-0.2, 0) is 4.74 Å². The highest BCUT2D eigenvalue weighted by Gasteiger charge is 2.08. The smallest absolute Gasteiger partial charge is 0.102 e. The normalized spacial score (nSPS) is 14.2. The minimum Gasteiger partial charge on any atom is -0.466 e. The summed E-state index contributed by atoms with van der Waals surface area (Å²) in [6, 6.07) is 0. The summed E-state index contributed by atoms with van der Waals surface area (Å²) in [5.74, 6) is 3.03. The summed E-state index contributed by atoms with van der Waals surface area (Å²) in [4.78, 5) is 0. The van der Waals surface area contributed by atoms with Crippen molar-refractivity contribution in [3.05, 3.63) is 23.7 Å². The van der Waals surface area contributed by atoms with E-state index in [1.807, 2.05) is 26.0 Å². The summed E-state index contributed by atoms with van der Waals surface area (Å²) in [6.45, 7) is 12.6. The molecule has 0 atom stereocenters. The molecule has 0 aromatic heterocycles. The van der Waals surface area contributed by atoms with Gasteiger partial charge in [-0.1, -0.05) is 27.7 Å². The highest BCUT2D eigenvalue weighted by molar-refractivity contribution is 5.03. The van der Waals surface area contributed by atoms with E-state index < -0.39 is 0 Å². The van der Waals surface area contributed by atoms with Crippen molar-refractivity contribution in [2.75, 3.05) is 0 Å². The Morgan fingerprint density at radius 2 is 1.15 bits per heavy atom. The van der Waals surface area contributed by atoms with Gasteiger partial charge in [0.05, 0.1) is 0 Å². The van der Waals surface area contributed by atoms with Crippen LogP contribution in [-0.4, -0.2) is 0 Å². The maximum absolute atomic E-state index is 5.79. The van der Waals surface area contributed by atoms with Gasteiger partial charge in [-0.25, -0.2) is 0 Å². The van der Waals surface area contributed by atoms with E-state index in [-0.39, 0.29) is 0 Å². The van der Waals surface area contributed by atoms with Crippen LogP contribution in [0.5, 0.6) is 0 Å². The fourth-order valence-corrected chi connectivity index (χ4v) is 1.16. The van der Waals surface area contributed by atoms with Gasteiger partial charge in [-0.15, -0.1) is 0 Å². The zero-order valence-corrected chi connectivity index (χ0v) is 9.72. The monoisotopic (exact) mass is 182 g/mol.